The highest BCUT2D eigenvalue weighted by atomic mass is 16.5. The predicted molar refractivity (Wildman–Crippen MR) is 99.2 cm³/mol. The molecule has 0 saturated carbocycles. The Morgan fingerprint density at radius 3 is 2.38 bits per heavy atom. The van der Waals surface area contributed by atoms with Crippen molar-refractivity contribution in [3.63, 3.8) is 0 Å². The van der Waals surface area contributed by atoms with Crippen LogP contribution in [0.2, 0.25) is 0 Å². The van der Waals surface area contributed by atoms with E-state index >= 15 is 0 Å². The molecule has 0 aliphatic carbocycles. The molecule has 0 fully saturated rings. The maximum absolute atomic E-state index is 5.66. The van der Waals surface area contributed by atoms with Crippen molar-refractivity contribution in [2.45, 2.75) is 33.2 Å². The second kappa shape index (κ2) is 7.77. The van der Waals surface area contributed by atoms with E-state index in [1.807, 2.05) is 70.2 Å². The average molecular weight is 323 g/mol. The first-order valence-electron chi connectivity index (χ1n) is 7.79. The molecule has 4 heteroatoms. The van der Waals surface area contributed by atoms with Crippen molar-refractivity contribution in [1.82, 2.24) is 0 Å². The number of rotatable bonds is 5. The van der Waals surface area contributed by atoms with Crippen LogP contribution in [-0.2, 0) is 0 Å². The summed E-state index contributed by atoms with van der Waals surface area (Å²) in [4.78, 5) is 8.71. The fourth-order valence-corrected chi connectivity index (χ4v) is 1.86. The molecule has 2 aromatic carbocycles. The van der Waals surface area contributed by atoms with Crippen LogP contribution < -0.4 is 9.47 Å². The van der Waals surface area contributed by atoms with Gasteiger partial charge in [-0.05, 0) is 51.7 Å². The molecular weight excluding hydrogens is 300 g/mol. The lowest BCUT2D eigenvalue weighted by atomic mass is 10.1. The summed E-state index contributed by atoms with van der Waals surface area (Å²) >= 11 is 0. The van der Waals surface area contributed by atoms with Gasteiger partial charge in [0, 0.05) is 0 Å². The van der Waals surface area contributed by atoms with Gasteiger partial charge in [0.25, 0.3) is 0 Å². The zero-order valence-corrected chi connectivity index (χ0v) is 14.8. The topological polar surface area (TPSA) is 43.2 Å². The van der Waals surface area contributed by atoms with Gasteiger partial charge >= 0.3 is 0 Å². The zero-order chi connectivity index (χ0) is 17.6. The highest BCUT2D eigenvalue weighted by molar-refractivity contribution is 5.86. The summed E-state index contributed by atoms with van der Waals surface area (Å²) in [6.07, 6.45) is 4.53. The molecule has 0 heterocycles. The highest BCUT2D eigenvalue weighted by Gasteiger charge is 2.04. The van der Waals surface area contributed by atoms with Gasteiger partial charge in [0.15, 0.2) is 6.40 Å². The van der Waals surface area contributed by atoms with E-state index in [9.17, 15) is 0 Å². The van der Waals surface area contributed by atoms with Crippen molar-refractivity contribution in [3.05, 3.63) is 53.6 Å². The molecule has 126 valence electrons. The Morgan fingerprint density at radius 1 is 1.04 bits per heavy atom. The van der Waals surface area contributed by atoms with Gasteiger partial charge in [-0.15, -0.1) is 6.07 Å². The molecule has 2 aromatic rings. The van der Waals surface area contributed by atoms with Crippen LogP contribution in [0.4, 0.5) is 5.69 Å². The van der Waals surface area contributed by atoms with Gasteiger partial charge in [0.2, 0.25) is 0 Å². The molecule has 0 unspecified atom stereocenters. The van der Waals surface area contributed by atoms with E-state index in [4.69, 9.17) is 9.47 Å². The Labute approximate surface area is 143 Å². The third-order valence-electron chi connectivity index (χ3n) is 3.13. The monoisotopic (exact) mass is 323 g/mol. The molecule has 0 spiro atoms. The molecule has 0 atom stereocenters. The molecule has 0 amide bonds. The van der Waals surface area contributed by atoms with Crippen LogP contribution in [0.15, 0.2) is 52.4 Å². The van der Waals surface area contributed by atoms with Crippen molar-refractivity contribution in [1.29, 1.82) is 0 Å². The number of aliphatic imine (C=N–C) groups is 2. The summed E-state index contributed by atoms with van der Waals surface area (Å²) in [6.45, 7) is 8.06. The second-order valence-electron chi connectivity index (χ2n) is 6.44. The number of benzene rings is 2. The van der Waals surface area contributed by atoms with Crippen LogP contribution in [0.5, 0.6) is 11.5 Å². The van der Waals surface area contributed by atoms with Crippen molar-refractivity contribution in [2.24, 2.45) is 9.98 Å². The molecule has 2 rings (SSSR count). The van der Waals surface area contributed by atoms with E-state index in [0.717, 1.165) is 22.6 Å². The van der Waals surface area contributed by atoms with Crippen LogP contribution in [0, 0.1) is 6.92 Å². The summed E-state index contributed by atoms with van der Waals surface area (Å²) in [5, 5.41) is 0. The molecule has 0 aromatic heterocycles. The van der Waals surface area contributed by atoms with Gasteiger partial charge < -0.3 is 14.5 Å². The van der Waals surface area contributed by atoms with E-state index in [2.05, 4.69) is 16.2 Å². The summed E-state index contributed by atoms with van der Waals surface area (Å²) in [6, 6.07) is 13.3. The third-order valence-corrected chi connectivity index (χ3v) is 3.13. The minimum Gasteiger partial charge on any atom is -0.497 e. The second-order valence-corrected chi connectivity index (χ2v) is 6.44. The Kier molecular flexibility index (Phi) is 5.74. The standard InChI is InChI=1S/C20H23N2O2/c1-15-6-11-19(24-14-22-20(2,3)4)16(12-15)13-21-17-7-9-18(23-5)10-8-17/h6-12,14H,1-5H3/q-1. The summed E-state index contributed by atoms with van der Waals surface area (Å²) < 4.78 is 10.8. The van der Waals surface area contributed by atoms with Gasteiger partial charge in [-0.3, -0.25) is 4.99 Å². The summed E-state index contributed by atoms with van der Waals surface area (Å²) in [7, 11) is 1.64. The molecular formula is C20H23N2O2-. The van der Waals surface area contributed by atoms with E-state index in [-0.39, 0.29) is 5.54 Å². The van der Waals surface area contributed by atoms with Crippen molar-refractivity contribution >= 4 is 18.3 Å². The molecule has 0 radical (unpaired) electrons. The Hall–Kier alpha value is -2.62. The number of hydrogen-bond acceptors (Lipinski definition) is 4. The number of aryl methyl sites for hydroxylation is 1. The minimum absolute atomic E-state index is 0.175. The first-order valence-corrected chi connectivity index (χ1v) is 7.79. The normalized spacial score (nSPS) is 12.0. The Morgan fingerprint density at radius 2 is 1.75 bits per heavy atom. The van der Waals surface area contributed by atoms with Crippen LogP contribution in [0.25, 0.3) is 0 Å². The number of hydrogen-bond donors (Lipinski definition) is 0. The van der Waals surface area contributed by atoms with E-state index in [1.165, 1.54) is 6.40 Å². The van der Waals surface area contributed by atoms with Crippen LogP contribution in [0.1, 0.15) is 31.9 Å². The minimum atomic E-state index is -0.175. The molecule has 4 nitrogen and oxygen atoms in total. The predicted octanol–water partition coefficient (Wildman–Crippen LogP) is 4.84. The largest absolute Gasteiger partial charge is 0.497 e. The van der Waals surface area contributed by atoms with Crippen molar-refractivity contribution in [2.75, 3.05) is 7.11 Å². The number of ether oxygens (including phenoxy) is 2. The summed E-state index contributed by atoms with van der Waals surface area (Å²) in [5.41, 5.74) is 2.52. The van der Waals surface area contributed by atoms with Crippen LogP contribution in [0.3, 0.4) is 0 Å². The average Bonchev–Trinajstić information content (AvgIpc) is 2.54. The van der Waals surface area contributed by atoms with Gasteiger partial charge in [0.1, 0.15) is 5.75 Å². The maximum Gasteiger partial charge on any atom is 0.165 e. The third kappa shape index (κ3) is 5.54. The molecule has 0 aliphatic rings. The first kappa shape index (κ1) is 17.7. The molecule has 0 N–H and O–H groups in total. The van der Waals surface area contributed by atoms with Gasteiger partial charge in [-0.2, -0.15) is 0 Å². The molecule has 0 aliphatic heterocycles. The van der Waals surface area contributed by atoms with Gasteiger partial charge in [-0.1, -0.05) is 35.4 Å². The van der Waals surface area contributed by atoms with Crippen molar-refractivity contribution in [3.8, 4) is 11.5 Å². The van der Waals surface area contributed by atoms with Crippen molar-refractivity contribution < 1.29 is 9.47 Å². The lowest BCUT2D eigenvalue weighted by Gasteiger charge is -2.14. The van der Waals surface area contributed by atoms with Crippen LogP contribution in [-0.4, -0.2) is 25.3 Å². The summed E-state index contributed by atoms with van der Waals surface area (Å²) in [5.74, 6) is 1.47. The first-order chi connectivity index (χ1) is 11.4. The lowest BCUT2D eigenvalue weighted by Crippen LogP contribution is -2.11. The van der Waals surface area contributed by atoms with Gasteiger partial charge in [0.05, 0.1) is 18.4 Å². The fourth-order valence-electron chi connectivity index (χ4n) is 1.86. The molecule has 0 bridgehead atoms. The highest BCUT2D eigenvalue weighted by Crippen LogP contribution is 2.21. The number of nitrogens with zero attached hydrogens (tertiary/aromatic N) is 2. The van der Waals surface area contributed by atoms with Crippen LogP contribution >= 0.6 is 0 Å². The fraction of sp³-hybridized carbons (Fsp3) is 0.300. The zero-order valence-electron chi connectivity index (χ0n) is 14.8. The van der Waals surface area contributed by atoms with E-state index in [1.54, 1.807) is 7.11 Å². The Balaban J connectivity index is 2.20. The maximum atomic E-state index is 5.66. The quantitative estimate of drug-likeness (QED) is 0.449. The molecule has 0 saturated heterocycles. The smallest absolute Gasteiger partial charge is 0.165 e. The van der Waals surface area contributed by atoms with E-state index < -0.39 is 0 Å². The van der Waals surface area contributed by atoms with E-state index in [0.29, 0.717) is 5.75 Å². The SMILES string of the molecule is COc1ccc(N=[C-]c2cc(C)ccc2OC=NC(C)(C)C)cc1. The Bertz CT molecular complexity index is 726. The van der Waals surface area contributed by atoms with Gasteiger partial charge in [-0.25, -0.2) is 0 Å². The lowest BCUT2D eigenvalue weighted by molar-refractivity contribution is 0.415. The number of methoxy groups -OCH3 is 1. The molecule has 24 heavy (non-hydrogen) atoms.